The Morgan fingerprint density at radius 2 is 1.86 bits per heavy atom. The highest BCUT2D eigenvalue weighted by atomic mass is 32.2. The second-order valence-corrected chi connectivity index (χ2v) is 9.13. The quantitative estimate of drug-likeness (QED) is 0.761. The number of imidazole rings is 1. The Labute approximate surface area is 170 Å². The number of likely N-dealkylation sites (tertiary alicyclic amines) is 1. The van der Waals surface area contributed by atoms with E-state index in [9.17, 15) is 18.0 Å². The zero-order chi connectivity index (χ0) is 21.0. The Morgan fingerprint density at radius 1 is 1.21 bits per heavy atom. The number of nitrogens with zero attached hydrogens (tertiary/aromatic N) is 4. The molecular weight excluding hydrogens is 394 g/mol. The number of rotatable bonds is 6. The lowest BCUT2D eigenvalue weighted by molar-refractivity contribution is -0.132. The minimum Gasteiger partial charge on any atom is -0.341 e. The lowest BCUT2D eigenvalue weighted by Crippen LogP contribution is -2.44. The molecule has 0 unspecified atom stereocenters. The van der Waals surface area contributed by atoms with Gasteiger partial charge in [0.15, 0.2) is 0 Å². The number of sulfonamides is 1. The summed E-state index contributed by atoms with van der Waals surface area (Å²) in [7, 11) is -2.41. The van der Waals surface area contributed by atoms with Gasteiger partial charge >= 0.3 is 0 Å². The van der Waals surface area contributed by atoms with Crippen LogP contribution in [0.4, 0.5) is 5.69 Å². The molecule has 10 heteroatoms. The summed E-state index contributed by atoms with van der Waals surface area (Å²) in [6, 6.07) is 6.18. The van der Waals surface area contributed by atoms with E-state index >= 15 is 0 Å². The minimum absolute atomic E-state index is 0.0701. The molecule has 1 fully saturated rings. The van der Waals surface area contributed by atoms with Crippen LogP contribution in [0.2, 0.25) is 0 Å². The predicted molar refractivity (Wildman–Crippen MR) is 108 cm³/mol. The minimum atomic E-state index is -3.80. The van der Waals surface area contributed by atoms with Gasteiger partial charge in [0.25, 0.3) is 0 Å². The second kappa shape index (κ2) is 8.75. The summed E-state index contributed by atoms with van der Waals surface area (Å²) < 4.78 is 28.6. The largest absolute Gasteiger partial charge is 0.341 e. The molecule has 1 saturated heterocycles. The van der Waals surface area contributed by atoms with Crippen molar-refractivity contribution in [3.8, 4) is 0 Å². The van der Waals surface area contributed by atoms with E-state index in [0.717, 1.165) is 17.1 Å². The number of aromatic nitrogens is 2. The molecule has 0 bridgehead atoms. The standard InChI is InChI=1S/C19H25N5O4S/c1-15(25)21-16-3-5-18(6-4-16)29(27,28)22(2)13-19(26)23-10-7-17(8-11-23)24-12-9-20-14-24/h3-6,9,12,14,17H,7-8,10-11,13H2,1-2H3,(H,21,25). The summed E-state index contributed by atoms with van der Waals surface area (Å²) >= 11 is 0. The average molecular weight is 420 g/mol. The van der Waals surface area contributed by atoms with Crippen molar-refractivity contribution in [2.45, 2.75) is 30.7 Å². The number of carbonyl (C=O) groups excluding carboxylic acids is 2. The van der Waals surface area contributed by atoms with Gasteiger partial charge in [0.2, 0.25) is 21.8 Å². The lowest BCUT2D eigenvalue weighted by Gasteiger charge is -2.33. The lowest BCUT2D eigenvalue weighted by atomic mass is 10.0. The number of benzene rings is 1. The molecule has 1 aromatic heterocycles. The maximum Gasteiger partial charge on any atom is 0.243 e. The van der Waals surface area contributed by atoms with Gasteiger partial charge in [-0.05, 0) is 37.1 Å². The van der Waals surface area contributed by atoms with Crippen LogP contribution in [0.15, 0.2) is 47.9 Å². The van der Waals surface area contributed by atoms with Crippen molar-refractivity contribution in [3.63, 3.8) is 0 Å². The number of hydrogen-bond donors (Lipinski definition) is 1. The van der Waals surface area contributed by atoms with Gasteiger partial charge in [-0.25, -0.2) is 13.4 Å². The number of carbonyl (C=O) groups is 2. The van der Waals surface area contributed by atoms with E-state index in [4.69, 9.17) is 0 Å². The third kappa shape index (κ3) is 5.01. The first-order valence-corrected chi connectivity index (χ1v) is 10.8. The van der Waals surface area contributed by atoms with Crippen LogP contribution in [0.1, 0.15) is 25.8 Å². The van der Waals surface area contributed by atoms with E-state index in [-0.39, 0.29) is 23.3 Å². The van der Waals surface area contributed by atoms with Crippen molar-refractivity contribution >= 4 is 27.5 Å². The molecular formula is C19H25N5O4S. The topological polar surface area (TPSA) is 105 Å². The van der Waals surface area contributed by atoms with Gasteiger partial charge in [-0.3, -0.25) is 9.59 Å². The highest BCUT2D eigenvalue weighted by molar-refractivity contribution is 7.89. The summed E-state index contributed by atoms with van der Waals surface area (Å²) in [6.07, 6.45) is 7.05. The fourth-order valence-corrected chi connectivity index (χ4v) is 4.49. The molecule has 0 aliphatic carbocycles. The van der Waals surface area contributed by atoms with Crippen molar-refractivity contribution in [3.05, 3.63) is 43.0 Å². The summed E-state index contributed by atoms with van der Waals surface area (Å²) in [5, 5.41) is 2.59. The van der Waals surface area contributed by atoms with Crippen LogP contribution in [-0.4, -0.2) is 65.7 Å². The second-order valence-electron chi connectivity index (χ2n) is 7.09. The molecule has 1 aliphatic heterocycles. The Morgan fingerprint density at radius 3 is 2.41 bits per heavy atom. The summed E-state index contributed by atoms with van der Waals surface area (Å²) in [4.78, 5) is 29.5. The van der Waals surface area contributed by atoms with Gasteiger partial charge in [-0.2, -0.15) is 4.31 Å². The summed E-state index contributed by atoms with van der Waals surface area (Å²) in [6.45, 7) is 2.33. The third-order valence-electron chi connectivity index (χ3n) is 5.00. The van der Waals surface area contributed by atoms with Crippen molar-refractivity contribution in [1.29, 1.82) is 0 Å². The molecule has 9 nitrogen and oxygen atoms in total. The SMILES string of the molecule is CC(=O)Nc1ccc(S(=O)(=O)N(C)CC(=O)N2CCC(n3ccnc3)CC2)cc1. The molecule has 1 N–H and O–H groups in total. The Balaban J connectivity index is 1.58. The van der Waals surface area contributed by atoms with Gasteiger partial charge in [-0.1, -0.05) is 0 Å². The van der Waals surface area contributed by atoms with E-state index in [0.29, 0.717) is 24.8 Å². The molecule has 2 aromatic rings. The molecule has 0 atom stereocenters. The van der Waals surface area contributed by atoms with Crippen molar-refractivity contribution in [2.24, 2.45) is 0 Å². The summed E-state index contributed by atoms with van der Waals surface area (Å²) in [5.74, 6) is -0.449. The van der Waals surface area contributed by atoms with Crippen LogP contribution in [0, 0.1) is 0 Å². The number of amides is 2. The van der Waals surface area contributed by atoms with Crippen molar-refractivity contribution in [1.82, 2.24) is 18.8 Å². The number of nitrogens with one attached hydrogen (secondary N) is 1. The van der Waals surface area contributed by atoms with Crippen LogP contribution in [0.5, 0.6) is 0 Å². The Kier molecular flexibility index (Phi) is 6.33. The zero-order valence-corrected chi connectivity index (χ0v) is 17.3. The van der Waals surface area contributed by atoms with E-state index in [1.165, 1.54) is 38.2 Å². The van der Waals surface area contributed by atoms with Gasteiger partial charge in [-0.15, -0.1) is 0 Å². The maximum absolute atomic E-state index is 12.7. The Bertz CT molecular complexity index is 949. The van der Waals surface area contributed by atoms with E-state index in [1.54, 1.807) is 17.4 Å². The monoisotopic (exact) mass is 419 g/mol. The number of piperidine rings is 1. The molecule has 1 aliphatic rings. The fraction of sp³-hybridized carbons (Fsp3) is 0.421. The van der Waals surface area contributed by atoms with E-state index in [1.807, 2.05) is 10.8 Å². The van der Waals surface area contributed by atoms with Crippen LogP contribution in [-0.2, 0) is 19.6 Å². The molecule has 1 aromatic carbocycles. The molecule has 0 saturated carbocycles. The molecule has 3 rings (SSSR count). The molecule has 2 amide bonds. The van der Waals surface area contributed by atoms with Crippen LogP contribution in [0.3, 0.4) is 0 Å². The molecule has 2 heterocycles. The smallest absolute Gasteiger partial charge is 0.243 e. The number of hydrogen-bond acceptors (Lipinski definition) is 5. The third-order valence-corrected chi connectivity index (χ3v) is 6.82. The normalized spacial score (nSPS) is 15.5. The van der Waals surface area contributed by atoms with Crippen LogP contribution in [0.25, 0.3) is 0 Å². The molecule has 156 valence electrons. The molecule has 0 radical (unpaired) electrons. The van der Waals surface area contributed by atoms with Gasteiger partial charge < -0.3 is 14.8 Å². The number of anilines is 1. The molecule has 29 heavy (non-hydrogen) atoms. The van der Waals surface area contributed by atoms with Gasteiger partial charge in [0.1, 0.15) is 0 Å². The first-order chi connectivity index (χ1) is 13.8. The predicted octanol–water partition coefficient (Wildman–Crippen LogP) is 1.33. The fourth-order valence-electron chi connectivity index (χ4n) is 3.37. The van der Waals surface area contributed by atoms with Gasteiger partial charge in [0, 0.05) is 51.2 Å². The van der Waals surface area contributed by atoms with E-state index in [2.05, 4.69) is 10.3 Å². The molecule has 0 spiro atoms. The number of likely N-dealkylation sites (N-methyl/N-ethyl adjacent to an activating group) is 1. The zero-order valence-electron chi connectivity index (χ0n) is 16.5. The van der Waals surface area contributed by atoms with Crippen LogP contribution < -0.4 is 5.32 Å². The highest BCUT2D eigenvalue weighted by Crippen LogP contribution is 2.23. The van der Waals surface area contributed by atoms with E-state index < -0.39 is 10.0 Å². The highest BCUT2D eigenvalue weighted by Gasteiger charge is 2.28. The average Bonchev–Trinajstić information content (AvgIpc) is 3.23. The Hall–Kier alpha value is -2.72. The first kappa shape index (κ1) is 21.0. The summed E-state index contributed by atoms with van der Waals surface area (Å²) in [5.41, 5.74) is 0.510. The first-order valence-electron chi connectivity index (χ1n) is 9.36. The maximum atomic E-state index is 12.7. The van der Waals surface area contributed by atoms with Crippen molar-refractivity contribution in [2.75, 3.05) is 32.0 Å². The van der Waals surface area contributed by atoms with Crippen molar-refractivity contribution < 1.29 is 18.0 Å². The van der Waals surface area contributed by atoms with Gasteiger partial charge in [0.05, 0.1) is 17.8 Å². The van der Waals surface area contributed by atoms with Crippen LogP contribution >= 0.6 is 0 Å².